The number of hydrogen-bond acceptors (Lipinski definition) is 2. The first-order valence-corrected chi connectivity index (χ1v) is 4.49. The van der Waals surface area contributed by atoms with Crippen LogP contribution in [0.2, 0.25) is 0 Å². The molecule has 14 heavy (non-hydrogen) atoms. The maximum Gasteiger partial charge on any atom is 0.332 e. The highest BCUT2D eigenvalue weighted by Crippen LogP contribution is 2.06. The van der Waals surface area contributed by atoms with Crippen LogP contribution in [-0.4, -0.2) is 17.2 Å². The second-order valence-electron chi connectivity index (χ2n) is 3.28. The van der Waals surface area contributed by atoms with Gasteiger partial charge in [-0.2, -0.15) is 0 Å². The number of hydrogen-bond donors (Lipinski definition) is 1. The average molecular weight is 194 g/mol. The van der Waals surface area contributed by atoms with E-state index in [1.54, 1.807) is 0 Å². The number of carbonyl (C=O) groups is 1. The minimum atomic E-state index is -0.933. The lowest BCUT2D eigenvalue weighted by Crippen LogP contribution is -2.19. The normalized spacial score (nSPS) is 12.4. The second-order valence-corrected chi connectivity index (χ2v) is 3.28. The minimum Gasteiger partial charge on any atom is -0.479 e. The summed E-state index contributed by atoms with van der Waals surface area (Å²) in [6.07, 6.45) is -0.753. The van der Waals surface area contributed by atoms with Crippen molar-refractivity contribution in [1.29, 1.82) is 0 Å². The van der Waals surface area contributed by atoms with Gasteiger partial charge in [-0.1, -0.05) is 29.8 Å². The zero-order valence-corrected chi connectivity index (χ0v) is 8.36. The van der Waals surface area contributed by atoms with Crippen LogP contribution in [0.1, 0.15) is 18.1 Å². The van der Waals surface area contributed by atoms with Crippen molar-refractivity contribution in [3.63, 3.8) is 0 Å². The largest absolute Gasteiger partial charge is 0.479 e. The molecular formula is C11H14O3. The van der Waals surface area contributed by atoms with E-state index in [4.69, 9.17) is 9.84 Å². The van der Waals surface area contributed by atoms with Crippen molar-refractivity contribution in [2.75, 3.05) is 0 Å². The lowest BCUT2D eigenvalue weighted by molar-refractivity contribution is -0.149. The van der Waals surface area contributed by atoms with E-state index in [2.05, 4.69) is 0 Å². The van der Waals surface area contributed by atoms with Gasteiger partial charge in [-0.25, -0.2) is 4.79 Å². The van der Waals surface area contributed by atoms with Crippen LogP contribution in [-0.2, 0) is 16.1 Å². The molecule has 1 N–H and O–H groups in total. The van der Waals surface area contributed by atoms with Gasteiger partial charge in [0, 0.05) is 0 Å². The molecule has 0 spiro atoms. The van der Waals surface area contributed by atoms with Gasteiger partial charge >= 0.3 is 5.97 Å². The Kier molecular flexibility index (Phi) is 3.65. The fourth-order valence-electron chi connectivity index (χ4n) is 0.977. The number of aryl methyl sites for hydroxylation is 1. The van der Waals surface area contributed by atoms with Gasteiger partial charge in [0.05, 0.1) is 6.61 Å². The summed E-state index contributed by atoms with van der Waals surface area (Å²) in [5, 5.41) is 8.58. The van der Waals surface area contributed by atoms with Crippen LogP contribution < -0.4 is 0 Å². The molecule has 0 radical (unpaired) electrons. The molecule has 0 aliphatic heterocycles. The van der Waals surface area contributed by atoms with Crippen molar-refractivity contribution in [1.82, 2.24) is 0 Å². The second kappa shape index (κ2) is 4.77. The number of ether oxygens (including phenoxy) is 1. The molecule has 76 valence electrons. The molecule has 0 aliphatic carbocycles. The maximum atomic E-state index is 10.4. The lowest BCUT2D eigenvalue weighted by atomic mass is 10.2. The SMILES string of the molecule is Cc1ccc(COC(C)C(=O)O)cc1. The molecule has 1 aromatic carbocycles. The third-order valence-electron chi connectivity index (χ3n) is 1.97. The van der Waals surface area contributed by atoms with E-state index in [9.17, 15) is 4.79 Å². The molecule has 3 heteroatoms. The molecule has 0 saturated carbocycles. The molecule has 0 heterocycles. The molecule has 3 nitrogen and oxygen atoms in total. The highest BCUT2D eigenvalue weighted by atomic mass is 16.5. The Morgan fingerprint density at radius 3 is 2.50 bits per heavy atom. The van der Waals surface area contributed by atoms with Crippen LogP contribution in [0, 0.1) is 6.92 Å². The molecule has 0 amide bonds. The van der Waals surface area contributed by atoms with Crippen molar-refractivity contribution < 1.29 is 14.6 Å². The summed E-state index contributed by atoms with van der Waals surface area (Å²) < 4.78 is 5.13. The number of benzene rings is 1. The summed E-state index contributed by atoms with van der Waals surface area (Å²) in [4.78, 5) is 10.4. The van der Waals surface area contributed by atoms with Gasteiger partial charge < -0.3 is 9.84 Å². The standard InChI is InChI=1S/C11H14O3/c1-8-3-5-10(6-4-8)7-14-9(2)11(12)13/h3-6,9H,7H2,1-2H3,(H,12,13). The van der Waals surface area contributed by atoms with Gasteiger partial charge in [0.25, 0.3) is 0 Å². The lowest BCUT2D eigenvalue weighted by Gasteiger charge is -2.08. The third kappa shape index (κ3) is 3.18. The summed E-state index contributed by atoms with van der Waals surface area (Å²) in [5.74, 6) is -0.933. The Bertz CT molecular complexity index is 303. The topological polar surface area (TPSA) is 46.5 Å². The number of aliphatic carboxylic acids is 1. The summed E-state index contributed by atoms with van der Waals surface area (Å²) in [6, 6.07) is 7.82. The Hall–Kier alpha value is -1.35. The highest BCUT2D eigenvalue weighted by Gasteiger charge is 2.10. The van der Waals surface area contributed by atoms with Crippen molar-refractivity contribution in [2.24, 2.45) is 0 Å². The monoisotopic (exact) mass is 194 g/mol. The fraction of sp³-hybridized carbons (Fsp3) is 0.364. The molecule has 1 rings (SSSR count). The Morgan fingerprint density at radius 1 is 1.43 bits per heavy atom. The van der Waals surface area contributed by atoms with Crippen LogP contribution in [0.4, 0.5) is 0 Å². The molecule has 0 aromatic heterocycles. The van der Waals surface area contributed by atoms with Crippen molar-refractivity contribution in [3.8, 4) is 0 Å². The predicted molar refractivity (Wildman–Crippen MR) is 53.1 cm³/mol. The first kappa shape index (κ1) is 10.7. The van der Waals surface area contributed by atoms with E-state index in [-0.39, 0.29) is 0 Å². The third-order valence-corrected chi connectivity index (χ3v) is 1.97. The maximum absolute atomic E-state index is 10.4. The van der Waals surface area contributed by atoms with Gasteiger partial charge in [0.2, 0.25) is 0 Å². The van der Waals surface area contributed by atoms with E-state index in [1.165, 1.54) is 12.5 Å². The van der Waals surface area contributed by atoms with E-state index >= 15 is 0 Å². The van der Waals surface area contributed by atoms with E-state index in [1.807, 2.05) is 31.2 Å². The Labute approximate surface area is 83.3 Å². The van der Waals surface area contributed by atoms with E-state index in [0.29, 0.717) is 6.61 Å². The fourth-order valence-corrected chi connectivity index (χ4v) is 0.977. The Balaban J connectivity index is 2.46. The van der Waals surface area contributed by atoms with E-state index in [0.717, 1.165) is 5.56 Å². The minimum absolute atomic E-state index is 0.341. The quantitative estimate of drug-likeness (QED) is 0.797. The van der Waals surface area contributed by atoms with Gasteiger partial charge in [-0.3, -0.25) is 0 Å². The summed E-state index contributed by atoms with van der Waals surface area (Å²) in [7, 11) is 0. The molecule has 0 bridgehead atoms. The number of carboxylic acids is 1. The molecule has 0 aliphatic rings. The number of carboxylic acid groups (broad SMARTS) is 1. The smallest absolute Gasteiger partial charge is 0.332 e. The van der Waals surface area contributed by atoms with Crippen LogP contribution in [0.5, 0.6) is 0 Å². The van der Waals surface area contributed by atoms with Crippen molar-refractivity contribution in [2.45, 2.75) is 26.6 Å². The first-order valence-electron chi connectivity index (χ1n) is 4.49. The first-order chi connectivity index (χ1) is 6.59. The predicted octanol–water partition coefficient (Wildman–Crippen LogP) is 1.98. The zero-order chi connectivity index (χ0) is 10.6. The van der Waals surface area contributed by atoms with Gasteiger partial charge in [-0.15, -0.1) is 0 Å². The molecule has 0 saturated heterocycles. The number of rotatable bonds is 4. The summed E-state index contributed by atoms with van der Waals surface area (Å²) in [5.41, 5.74) is 2.17. The van der Waals surface area contributed by atoms with Crippen LogP contribution in [0.3, 0.4) is 0 Å². The average Bonchev–Trinajstić information content (AvgIpc) is 2.16. The summed E-state index contributed by atoms with van der Waals surface area (Å²) in [6.45, 7) is 3.87. The zero-order valence-electron chi connectivity index (χ0n) is 8.36. The van der Waals surface area contributed by atoms with Crippen LogP contribution in [0.15, 0.2) is 24.3 Å². The van der Waals surface area contributed by atoms with Crippen molar-refractivity contribution >= 4 is 5.97 Å². The molecule has 1 atom stereocenters. The van der Waals surface area contributed by atoms with Crippen LogP contribution >= 0.6 is 0 Å². The van der Waals surface area contributed by atoms with Gasteiger partial charge in [0.1, 0.15) is 0 Å². The Morgan fingerprint density at radius 2 is 2.00 bits per heavy atom. The molecule has 0 fully saturated rings. The van der Waals surface area contributed by atoms with Crippen molar-refractivity contribution in [3.05, 3.63) is 35.4 Å². The van der Waals surface area contributed by atoms with Crippen LogP contribution in [0.25, 0.3) is 0 Å². The highest BCUT2D eigenvalue weighted by molar-refractivity contribution is 5.71. The van der Waals surface area contributed by atoms with Gasteiger partial charge in [0.15, 0.2) is 6.10 Å². The van der Waals surface area contributed by atoms with E-state index < -0.39 is 12.1 Å². The van der Waals surface area contributed by atoms with Gasteiger partial charge in [-0.05, 0) is 19.4 Å². The molecular weight excluding hydrogens is 180 g/mol. The summed E-state index contributed by atoms with van der Waals surface area (Å²) >= 11 is 0. The molecule has 1 aromatic rings. The molecule has 1 unspecified atom stereocenters.